The van der Waals surface area contributed by atoms with E-state index in [1.54, 1.807) is 18.3 Å². The van der Waals surface area contributed by atoms with Crippen molar-refractivity contribution < 1.29 is 9.53 Å². The first-order chi connectivity index (χ1) is 8.67. The van der Waals surface area contributed by atoms with Gasteiger partial charge >= 0.3 is 0 Å². The molecule has 1 saturated carbocycles. The standard InChI is InChI=1S/C13H18N2O2S/c1-2-17-12-4-3-10(8-14-12)15-11(16)7-13(9-18)5-6-13/h3-4,8,18H,2,5-7,9H2,1H3,(H,15,16). The summed E-state index contributed by atoms with van der Waals surface area (Å²) in [5, 5.41) is 2.85. The third kappa shape index (κ3) is 3.38. The Balaban J connectivity index is 1.87. The van der Waals surface area contributed by atoms with E-state index in [1.165, 1.54) is 0 Å². The molecule has 1 heterocycles. The van der Waals surface area contributed by atoms with Gasteiger partial charge in [0.15, 0.2) is 0 Å². The van der Waals surface area contributed by atoms with E-state index in [2.05, 4.69) is 22.9 Å². The van der Waals surface area contributed by atoms with E-state index >= 15 is 0 Å². The molecule has 1 aromatic rings. The molecule has 4 nitrogen and oxygen atoms in total. The molecular weight excluding hydrogens is 248 g/mol. The van der Waals surface area contributed by atoms with Crippen LogP contribution in [0.25, 0.3) is 0 Å². The van der Waals surface area contributed by atoms with Crippen molar-refractivity contribution in [3.63, 3.8) is 0 Å². The number of rotatable bonds is 6. The molecule has 1 amide bonds. The lowest BCUT2D eigenvalue weighted by Gasteiger charge is -2.11. The summed E-state index contributed by atoms with van der Waals surface area (Å²) in [5.74, 6) is 1.39. The van der Waals surface area contributed by atoms with Crippen molar-refractivity contribution >= 4 is 24.2 Å². The van der Waals surface area contributed by atoms with Crippen LogP contribution in [0.5, 0.6) is 5.88 Å². The van der Waals surface area contributed by atoms with Gasteiger partial charge in [-0.25, -0.2) is 4.98 Å². The van der Waals surface area contributed by atoms with Gasteiger partial charge in [-0.15, -0.1) is 0 Å². The Morgan fingerprint density at radius 1 is 1.56 bits per heavy atom. The molecule has 0 atom stereocenters. The second-order valence-corrected chi connectivity index (χ2v) is 5.02. The Labute approximate surface area is 113 Å². The highest BCUT2D eigenvalue weighted by Gasteiger charge is 2.42. The third-order valence-corrected chi connectivity index (χ3v) is 3.81. The van der Waals surface area contributed by atoms with E-state index < -0.39 is 0 Å². The van der Waals surface area contributed by atoms with Gasteiger partial charge in [-0.3, -0.25) is 4.79 Å². The zero-order valence-corrected chi connectivity index (χ0v) is 11.4. The highest BCUT2D eigenvalue weighted by Crippen LogP contribution is 2.49. The molecule has 98 valence electrons. The molecule has 0 spiro atoms. The van der Waals surface area contributed by atoms with Gasteiger partial charge in [0.2, 0.25) is 11.8 Å². The first-order valence-electron chi connectivity index (χ1n) is 6.17. The maximum atomic E-state index is 11.8. The SMILES string of the molecule is CCOc1ccc(NC(=O)CC2(CS)CC2)cn1. The Kier molecular flexibility index (Phi) is 4.11. The summed E-state index contributed by atoms with van der Waals surface area (Å²) in [6.07, 6.45) is 4.36. The first-order valence-corrected chi connectivity index (χ1v) is 6.80. The van der Waals surface area contributed by atoms with E-state index in [1.807, 2.05) is 6.92 Å². The fourth-order valence-electron chi connectivity index (χ4n) is 1.80. The molecule has 2 rings (SSSR count). The molecule has 0 radical (unpaired) electrons. The summed E-state index contributed by atoms with van der Waals surface area (Å²) in [5.41, 5.74) is 0.852. The number of ether oxygens (including phenoxy) is 1. The Hall–Kier alpha value is -1.23. The van der Waals surface area contributed by atoms with Crippen LogP contribution in [0.2, 0.25) is 0 Å². The minimum atomic E-state index is 0.0347. The average molecular weight is 266 g/mol. The number of pyridine rings is 1. The van der Waals surface area contributed by atoms with E-state index in [0.717, 1.165) is 18.6 Å². The Bertz CT molecular complexity index is 416. The normalized spacial score (nSPS) is 16.1. The number of carbonyl (C=O) groups is 1. The molecule has 1 aliphatic carbocycles. The van der Waals surface area contributed by atoms with Crippen LogP contribution >= 0.6 is 12.6 Å². The van der Waals surface area contributed by atoms with E-state index in [9.17, 15) is 4.79 Å². The summed E-state index contributed by atoms with van der Waals surface area (Å²) in [6.45, 7) is 2.49. The van der Waals surface area contributed by atoms with Crippen molar-refractivity contribution in [3.8, 4) is 5.88 Å². The molecule has 0 unspecified atom stereocenters. The minimum Gasteiger partial charge on any atom is -0.478 e. The van der Waals surface area contributed by atoms with Crippen molar-refractivity contribution in [1.29, 1.82) is 0 Å². The smallest absolute Gasteiger partial charge is 0.225 e. The molecule has 1 aromatic heterocycles. The van der Waals surface area contributed by atoms with Gasteiger partial charge in [0, 0.05) is 12.5 Å². The van der Waals surface area contributed by atoms with Gasteiger partial charge < -0.3 is 10.1 Å². The van der Waals surface area contributed by atoms with Gasteiger partial charge in [-0.05, 0) is 37.0 Å². The van der Waals surface area contributed by atoms with Crippen LogP contribution < -0.4 is 10.1 Å². The molecule has 1 aliphatic rings. The zero-order valence-electron chi connectivity index (χ0n) is 10.5. The highest BCUT2D eigenvalue weighted by atomic mass is 32.1. The number of amides is 1. The van der Waals surface area contributed by atoms with Crippen LogP contribution in [0.15, 0.2) is 18.3 Å². The number of anilines is 1. The van der Waals surface area contributed by atoms with Crippen LogP contribution in [0.3, 0.4) is 0 Å². The highest BCUT2D eigenvalue weighted by molar-refractivity contribution is 7.80. The molecule has 18 heavy (non-hydrogen) atoms. The van der Waals surface area contributed by atoms with Crippen LogP contribution in [0, 0.1) is 5.41 Å². The van der Waals surface area contributed by atoms with Crippen LogP contribution in [0.4, 0.5) is 5.69 Å². The van der Waals surface area contributed by atoms with Crippen molar-refractivity contribution in [1.82, 2.24) is 4.98 Å². The number of hydrogen-bond donors (Lipinski definition) is 2. The molecule has 0 aromatic carbocycles. The molecule has 0 bridgehead atoms. The van der Waals surface area contributed by atoms with Gasteiger partial charge in [0.25, 0.3) is 0 Å². The second kappa shape index (κ2) is 5.61. The zero-order chi connectivity index (χ0) is 13.0. The Morgan fingerprint density at radius 3 is 2.83 bits per heavy atom. The number of carbonyl (C=O) groups excluding carboxylic acids is 1. The summed E-state index contributed by atoms with van der Waals surface area (Å²) in [6, 6.07) is 3.56. The molecule has 1 N–H and O–H groups in total. The van der Waals surface area contributed by atoms with Crippen LogP contribution in [-0.4, -0.2) is 23.3 Å². The average Bonchev–Trinajstić information content (AvgIpc) is 3.12. The lowest BCUT2D eigenvalue weighted by molar-refractivity contribution is -0.117. The van der Waals surface area contributed by atoms with E-state index in [0.29, 0.717) is 24.6 Å². The van der Waals surface area contributed by atoms with Gasteiger partial charge in [-0.2, -0.15) is 12.6 Å². The van der Waals surface area contributed by atoms with Crippen molar-refractivity contribution in [3.05, 3.63) is 18.3 Å². The number of aromatic nitrogens is 1. The lowest BCUT2D eigenvalue weighted by Crippen LogP contribution is -2.18. The second-order valence-electron chi connectivity index (χ2n) is 4.70. The largest absolute Gasteiger partial charge is 0.478 e. The summed E-state index contributed by atoms with van der Waals surface area (Å²) in [7, 11) is 0. The molecule has 0 aliphatic heterocycles. The summed E-state index contributed by atoms with van der Waals surface area (Å²) < 4.78 is 5.24. The number of nitrogens with one attached hydrogen (secondary N) is 1. The predicted octanol–water partition coefficient (Wildman–Crippen LogP) is 2.52. The minimum absolute atomic E-state index is 0.0347. The van der Waals surface area contributed by atoms with Gasteiger partial charge in [0.05, 0.1) is 18.5 Å². The molecule has 0 saturated heterocycles. The molecule has 5 heteroatoms. The summed E-state index contributed by atoms with van der Waals surface area (Å²) >= 11 is 4.29. The van der Waals surface area contributed by atoms with E-state index in [-0.39, 0.29) is 11.3 Å². The van der Waals surface area contributed by atoms with E-state index in [4.69, 9.17) is 4.74 Å². The van der Waals surface area contributed by atoms with Crippen molar-refractivity contribution in [2.24, 2.45) is 5.41 Å². The maximum Gasteiger partial charge on any atom is 0.225 e. The fraction of sp³-hybridized carbons (Fsp3) is 0.538. The van der Waals surface area contributed by atoms with Gasteiger partial charge in [-0.1, -0.05) is 0 Å². The number of thiol groups is 1. The third-order valence-electron chi connectivity index (χ3n) is 3.14. The Morgan fingerprint density at radius 2 is 2.33 bits per heavy atom. The van der Waals surface area contributed by atoms with Crippen molar-refractivity contribution in [2.75, 3.05) is 17.7 Å². The van der Waals surface area contributed by atoms with Crippen LogP contribution in [-0.2, 0) is 4.79 Å². The lowest BCUT2D eigenvalue weighted by atomic mass is 10.1. The number of hydrogen-bond acceptors (Lipinski definition) is 4. The number of nitrogens with zero attached hydrogens (tertiary/aromatic N) is 1. The van der Waals surface area contributed by atoms with Crippen LogP contribution in [0.1, 0.15) is 26.2 Å². The van der Waals surface area contributed by atoms with Crippen molar-refractivity contribution in [2.45, 2.75) is 26.2 Å². The van der Waals surface area contributed by atoms with Gasteiger partial charge in [0.1, 0.15) is 0 Å². The predicted molar refractivity (Wildman–Crippen MR) is 74.2 cm³/mol. The quantitative estimate of drug-likeness (QED) is 0.778. The maximum absolute atomic E-state index is 11.8. The topological polar surface area (TPSA) is 51.2 Å². The fourth-order valence-corrected chi connectivity index (χ4v) is 2.23. The monoisotopic (exact) mass is 266 g/mol. The molecular formula is C13H18N2O2S. The summed E-state index contributed by atoms with van der Waals surface area (Å²) in [4.78, 5) is 15.9. The molecule has 1 fully saturated rings. The first kappa shape index (κ1) is 13.2.